The Morgan fingerprint density at radius 2 is 1.80 bits per heavy atom. The molecule has 0 aliphatic carbocycles. The van der Waals surface area contributed by atoms with Gasteiger partial charge in [0, 0.05) is 16.6 Å². The number of hydrogen-bond acceptors (Lipinski definition) is 2. The van der Waals surface area contributed by atoms with E-state index in [1.165, 1.54) is 0 Å². The van der Waals surface area contributed by atoms with Gasteiger partial charge < -0.3 is 10.3 Å². The van der Waals surface area contributed by atoms with E-state index in [0.717, 1.165) is 22.2 Å². The molecule has 0 aliphatic heterocycles. The molecule has 0 radical (unpaired) electrons. The highest BCUT2D eigenvalue weighted by Gasteiger charge is 2.02. The first-order valence-corrected chi connectivity index (χ1v) is 6.38. The summed E-state index contributed by atoms with van der Waals surface area (Å²) >= 11 is 0. The van der Waals surface area contributed by atoms with Crippen LogP contribution in [-0.2, 0) is 0 Å². The highest BCUT2D eigenvalue weighted by atomic mass is 16.1. The van der Waals surface area contributed by atoms with E-state index in [9.17, 15) is 4.79 Å². The van der Waals surface area contributed by atoms with Crippen LogP contribution in [0.4, 0.5) is 11.4 Å². The second-order valence-corrected chi connectivity index (χ2v) is 4.55. The van der Waals surface area contributed by atoms with Gasteiger partial charge in [0.15, 0.2) is 0 Å². The van der Waals surface area contributed by atoms with Crippen LogP contribution < -0.4 is 10.9 Å². The van der Waals surface area contributed by atoms with Crippen molar-refractivity contribution in [3.05, 3.63) is 77.1 Å². The normalized spacial score (nSPS) is 10.4. The zero-order valence-corrected chi connectivity index (χ0v) is 10.9. The van der Waals surface area contributed by atoms with Crippen molar-refractivity contribution in [3.8, 4) is 0 Å². The molecule has 1 aromatic heterocycles. The maximum absolute atomic E-state index is 12.0. The maximum atomic E-state index is 12.0. The Bertz CT molecular complexity index is 816. The third kappa shape index (κ3) is 2.34. The van der Waals surface area contributed by atoms with Gasteiger partial charge in [-0.25, -0.2) is 0 Å². The standard InChI is InChI=1S/C17H14N2O/c1-2-12-7-9-14(10-8-12)18-16-11-13-5-3-4-6-15(13)19-17(16)20/h2-11,18H,1H2,(H,19,20). The summed E-state index contributed by atoms with van der Waals surface area (Å²) in [7, 11) is 0. The number of anilines is 2. The summed E-state index contributed by atoms with van der Waals surface area (Å²) in [6.45, 7) is 3.72. The van der Waals surface area contributed by atoms with Gasteiger partial charge in [0.1, 0.15) is 5.69 Å². The largest absolute Gasteiger partial charge is 0.351 e. The molecule has 0 spiro atoms. The second-order valence-electron chi connectivity index (χ2n) is 4.55. The fourth-order valence-corrected chi connectivity index (χ4v) is 2.10. The molecule has 3 aromatic rings. The van der Waals surface area contributed by atoms with E-state index in [2.05, 4.69) is 16.9 Å². The van der Waals surface area contributed by atoms with Crippen molar-refractivity contribution in [3.63, 3.8) is 0 Å². The van der Waals surface area contributed by atoms with Gasteiger partial charge in [0.25, 0.3) is 5.56 Å². The fourth-order valence-electron chi connectivity index (χ4n) is 2.10. The van der Waals surface area contributed by atoms with Crippen LogP contribution in [0.25, 0.3) is 17.0 Å². The number of benzene rings is 2. The van der Waals surface area contributed by atoms with Gasteiger partial charge in [-0.15, -0.1) is 0 Å². The van der Waals surface area contributed by atoms with Crippen molar-refractivity contribution in [2.24, 2.45) is 0 Å². The lowest BCUT2D eigenvalue weighted by molar-refractivity contribution is 1.30. The predicted molar refractivity (Wildman–Crippen MR) is 84.4 cm³/mol. The molecule has 2 aromatic carbocycles. The molecular weight excluding hydrogens is 248 g/mol. The highest BCUT2D eigenvalue weighted by molar-refractivity contribution is 5.82. The van der Waals surface area contributed by atoms with E-state index in [-0.39, 0.29) is 5.56 Å². The average Bonchev–Trinajstić information content (AvgIpc) is 2.49. The van der Waals surface area contributed by atoms with Crippen molar-refractivity contribution in [1.29, 1.82) is 0 Å². The molecule has 2 N–H and O–H groups in total. The Kier molecular flexibility index (Phi) is 3.09. The number of aromatic nitrogens is 1. The summed E-state index contributed by atoms with van der Waals surface area (Å²) in [4.78, 5) is 14.9. The molecule has 3 rings (SSSR count). The summed E-state index contributed by atoms with van der Waals surface area (Å²) in [6.07, 6.45) is 1.78. The Morgan fingerprint density at radius 1 is 1.05 bits per heavy atom. The minimum absolute atomic E-state index is 0.128. The Hall–Kier alpha value is -2.81. The molecule has 98 valence electrons. The van der Waals surface area contributed by atoms with Crippen molar-refractivity contribution in [2.45, 2.75) is 0 Å². The minimum Gasteiger partial charge on any atom is -0.351 e. The van der Waals surface area contributed by atoms with Gasteiger partial charge in [0.2, 0.25) is 0 Å². The van der Waals surface area contributed by atoms with Crippen LogP contribution in [0.15, 0.2) is 66.0 Å². The van der Waals surface area contributed by atoms with Gasteiger partial charge in [-0.3, -0.25) is 4.79 Å². The van der Waals surface area contributed by atoms with Crippen molar-refractivity contribution in [2.75, 3.05) is 5.32 Å². The average molecular weight is 262 g/mol. The maximum Gasteiger partial charge on any atom is 0.272 e. The van der Waals surface area contributed by atoms with E-state index in [4.69, 9.17) is 0 Å². The summed E-state index contributed by atoms with van der Waals surface area (Å²) in [5, 5.41) is 4.14. The third-order valence-electron chi connectivity index (χ3n) is 3.18. The van der Waals surface area contributed by atoms with Gasteiger partial charge in [-0.05, 0) is 29.8 Å². The number of nitrogens with one attached hydrogen (secondary N) is 2. The zero-order valence-electron chi connectivity index (χ0n) is 10.9. The Labute approximate surface area is 116 Å². The number of rotatable bonds is 3. The van der Waals surface area contributed by atoms with Crippen molar-refractivity contribution >= 4 is 28.4 Å². The van der Waals surface area contributed by atoms with E-state index in [1.54, 1.807) is 6.08 Å². The zero-order chi connectivity index (χ0) is 13.9. The molecule has 0 fully saturated rings. The van der Waals surface area contributed by atoms with Gasteiger partial charge in [-0.1, -0.05) is 43.0 Å². The van der Waals surface area contributed by atoms with Crippen molar-refractivity contribution < 1.29 is 0 Å². The molecule has 1 heterocycles. The van der Waals surface area contributed by atoms with E-state index >= 15 is 0 Å². The molecule has 0 atom stereocenters. The van der Waals surface area contributed by atoms with Crippen molar-refractivity contribution in [1.82, 2.24) is 4.98 Å². The molecule has 0 bridgehead atoms. The number of hydrogen-bond donors (Lipinski definition) is 2. The molecular formula is C17H14N2O. The number of pyridine rings is 1. The minimum atomic E-state index is -0.128. The topological polar surface area (TPSA) is 44.9 Å². The molecule has 0 saturated heterocycles. The van der Waals surface area contributed by atoms with Crippen LogP contribution in [0.3, 0.4) is 0 Å². The lowest BCUT2D eigenvalue weighted by atomic mass is 10.2. The predicted octanol–water partition coefficient (Wildman–Crippen LogP) is 3.91. The lowest BCUT2D eigenvalue weighted by Gasteiger charge is -2.07. The van der Waals surface area contributed by atoms with Crippen LogP contribution >= 0.6 is 0 Å². The van der Waals surface area contributed by atoms with Gasteiger partial charge in [-0.2, -0.15) is 0 Å². The fraction of sp³-hybridized carbons (Fsp3) is 0. The smallest absolute Gasteiger partial charge is 0.272 e. The van der Waals surface area contributed by atoms with E-state index in [1.807, 2.05) is 54.6 Å². The van der Waals surface area contributed by atoms with Gasteiger partial charge in [0.05, 0.1) is 0 Å². The first-order chi connectivity index (χ1) is 9.76. The van der Waals surface area contributed by atoms with E-state index < -0.39 is 0 Å². The SMILES string of the molecule is C=Cc1ccc(Nc2cc3ccccc3[nH]c2=O)cc1. The van der Waals surface area contributed by atoms with E-state index in [0.29, 0.717) is 5.69 Å². The first kappa shape index (κ1) is 12.2. The molecule has 0 aliphatic rings. The summed E-state index contributed by atoms with van der Waals surface area (Å²) < 4.78 is 0. The molecule has 0 unspecified atom stereocenters. The molecule has 0 amide bonds. The first-order valence-electron chi connectivity index (χ1n) is 6.38. The summed E-state index contributed by atoms with van der Waals surface area (Å²) in [5.74, 6) is 0. The van der Waals surface area contributed by atoms with Crippen LogP contribution in [0, 0.1) is 0 Å². The van der Waals surface area contributed by atoms with Crippen LogP contribution in [-0.4, -0.2) is 4.98 Å². The Morgan fingerprint density at radius 3 is 2.55 bits per heavy atom. The monoisotopic (exact) mass is 262 g/mol. The quantitative estimate of drug-likeness (QED) is 0.751. The van der Waals surface area contributed by atoms with Crippen LogP contribution in [0.1, 0.15) is 5.56 Å². The number of para-hydroxylation sites is 1. The summed E-state index contributed by atoms with van der Waals surface area (Å²) in [6, 6.07) is 17.3. The summed E-state index contributed by atoms with van der Waals surface area (Å²) in [5.41, 5.74) is 3.16. The van der Waals surface area contributed by atoms with Crippen LogP contribution in [0.2, 0.25) is 0 Å². The third-order valence-corrected chi connectivity index (χ3v) is 3.18. The molecule has 3 nitrogen and oxygen atoms in total. The number of fused-ring (bicyclic) bond motifs is 1. The van der Waals surface area contributed by atoms with Crippen LogP contribution in [0.5, 0.6) is 0 Å². The highest BCUT2D eigenvalue weighted by Crippen LogP contribution is 2.18. The Balaban J connectivity index is 1.99. The second kappa shape index (κ2) is 5.05. The lowest BCUT2D eigenvalue weighted by Crippen LogP contribution is -2.11. The molecule has 20 heavy (non-hydrogen) atoms. The molecule has 0 saturated carbocycles. The van der Waals surface area contributed by atoms with Gasteiger partial charge >= 0.3 is 0 Å². The number of H-pyrrole nitrogens is 1. The molecule has 3 heteroatoms. The number of aromatic amines is 1.